The van der Waals surface area contributed by atoms with Crippen molar-refractivity contribution in [2.24, 2.45) is 0 Å². The number of pyridine rings is 1. The zero-order valence-corrected chi connectivity index (χ0v) is 18.3. The Labute approximate surface area is 182 Å². The Morgan fingerprint density at radius 3 is 2.71 bits per heavy atom. The van der Waals surface area contributed by atoms with Crippen LogP contribution in [0.1, 0.15) is 32.7 Å². The number of nitrogens with zero attached hydrogens (tertiary/aromatic N) is 1. The molecular weight excluding hydrogens is 422 g/mol. The summed E-state index contributed by atoms with van der Waals surface area (Å²) in [5.41, 5.74) is 3.23. The van der Waals surface area contributed by atoms with E-state index in [2.05, 4.69) is 15.6 Å². The Morgan fingerprint density at radius 1 is 1.16 bits per heavy atom. The van der Waals surface area contributed by atoms with Gasteiger partial charge >= 0.3 is 0 Å². The molecule has 3 aromatic rings. The maximum absolute atomic E-state index is 13.1. The summed E-state index contributed by atoms with van der Waals surface area (Å²) in [6.45, 7) is 2.43. The number of fused-ring (bicyclic) bond motifs is 4. The standard InChI is InChI=1S/C21H21N3O6S/c1-9-5-10(7-26-2)13-14-18(31-21(13)22-9)20(25)24-19(23-14)11-6-12-16(30-8-29-12)17(28-4)15(11)27-3/h5-6,19,23H,7-8H2,1-4H3,(H,24,25)/t19-/m0/s1. The summed E-state index contributed by atoms with van der Waals surface area (Å²) in [7, 11) is 4.72. The van der Waals surface area contributed by atoms with Crippen LogP contribution < -0.4 is 29.6 Å². The van der Waals surface area contributed by atoms with Crippen LogP contribution >= 0.6 is 11.3 Å². The highest BCUT2D eigenvalue weighted by Crippen LogP contribution is 2.51. The number of nitrogens with one attached hydrogen (secondary N) is 2. The number of amides is 1. The molecule has 0 bridgehead atoms. The molecule has 0 fully saturated rings. The minimum Gasteiger partial charge on any atom is -0.492 e. The van der Waals surface area contributed by atoms with Crippen LogP contribution in [0.3, 0.4) is 0 Å². The SMILES string of the molecule is COCc1cc(C)nc2sc3c(c12)N[C@H](c1cc2c(c(OC)c1OC)OCO2)NC3=O. The van der Waals surface area contributed by atoms with Crippen molar-refractivity contribution in [2.45, 2.75) is 19.7 Å². The van der Waals surface area contributed by atoms with Gasteiger partial charge in [0.1, 0.15) is 15.9 Å². The molecule has 2 aromatic heterocycles. The average Bonchev–Trinajstić information content (AvgIpc) is 3.36. The second kappa shape index (κ2) is 7.47. The average molecular weight is 443 g/mol. The maximum Gasteiger partial charge on any atom is 0.265 e. The molecule has 162 valence electrons. The minimum absolute atomic E-state index is 0.0907. The number of carbonyl (C=O) groups excluding carboxylic acids is 1. The summed E-state index contributed by atoms with van der Waals surface area (Å²) in [6, 6.07) is 3.77. The second-order valence-electron chi connectivity index (χ2n) is 7.16. The van der Waals surface area contributed by atoms with Gasteiger partial charge < -0.3 is 34.3 Å². The van der Waals surface area contributed by atoms with Gasteiger partial charge in [-0.3, -0.25) is 4.79 Å². The summed E-state index contributed by atoms with van der Waals surface area (Å²) in [6.07, 6.45) is -0.576. The number of hydrogen-bond acceptors (Lipinski definition) is 9. The fourth-order valence-electron chi connectivity index (χ4n) is 4.04. The molecule has 4 heterocycles. The van der Waals surface area contributed by atoms with Gasteiger partial charge in [-0.05, 0) is 24.6 Å². The summed E-state index contributed by atoms with van der Waals surface area (Å²) in [4.78, 5) is 19.0. The Kier molecular flexibility index (Phi) is 4.75. The zero-order chi connectivity index (χ0) is 21.7. The number of methoxy groups -OCH3 is 3. The Morgan fingerprint density at radius 2 is 1.97 bits per heavy atom. The number of thiophene rings is 1. The molecular formula is C21H21N3O6S. The molecule has 1 aromatic carbocycles. The number of carbonyl (C=O) groups is 1. The number of benzene rings is 1. The molecule has 2 N–H and O–H groups in total. The van der Waals surface area contributed by atoms with E-state index >= 15 is 0 Å². The maximum atomic E-state index is 13.1. The van der Waals surface area contributed by atoms with Crippen molar-refractivity contribution < 1.29 is 28.5 Å². The van der Waals surface area contributed by atoms with E-state index in [1.807, 2.05) is 13.0 Å². The highest BCUT2D eigenvalue weighted by atomic mass is 32.1. The molecule has 0 saturated carbocycles. The normalized spacial score (nSPS) is 16.6. The van der Waals surface area contributed by atoms with Crippen LogP contribution in [0.5, 0.6) is 23.0 Å². The van der Waals surface area contributed by atoms with Crippen molar-refractivity contribution in [3.8, 4) is 23.0 Å². The van der Waals surface area contributed by atoms with Gasteiger partial charge in [-0.15, -0.1) is 11.3 Å². The molecule has 1 amide bonds. The Hall–Kier alpha value is -3.24. The molecule has 1 atom stereocenters. The first-order chi connectivity index (χ1) is 15.0. The van der Waals surface area contributed by atoms with Crippen LogP contribution in [-0.2, 0) is 11.3 Å². The van der Waals surface area contributed by atoms with Gasteiger partial charge in [0.15, 0.2) is 11.5 Å². The third-order valence-electron chi connectivity index (χ3n) is 5.26. The van der Waals surface area contributed by atoms with E-state index in [1.165, 1.54) is 18.4 Å². The van der Waals surface area contributed by atoms with Crippen molar-refractivity contribution in [3.05, 3.63) is 33.8 Å². The van der Waals surface area contributed by atoms with Crippen LogP contribution in [0.4, 0.5) is 5.69 Å². The zero-order valence-electron chi connectivity index (χ0n) is 17.5. The summed E-state index contributed by atoms with van der Waals surface area (Å²) < 4.78 is 27.6. The molecule has 0 unspecified atom stereocenters. The van der Waals surface area contributed by atoms with E-state index in [0.717, 1.165) is 27.2 Å². The van der Waals surface area contributed by atoms with E-state index < -0.39 is 6.17 Å². The molecule has 0 aliphatic carbocycles. The lowest BCUT2D eigenvalue weighted by Gasteiger charge is -2.28. The van der Waals surface area contributed by atoms with E-state index in [9.17, 15) is 4.79 Å². The van der Waals surface area contributed by atoms with E-state index in [1.54, 1.807) is 20.3 Å². The first-order valence-electron chi connectivity index (χ1n) is 9.59. The lowest BCUT2D eigenvalue weighted by molar-refractivity contribution is 0.0939. The van der Waals surface area contributed by atoms with Gasteiger partial charge in [-0.2, -0.15) is 0 Å². The number of hydrogen-bond donors (Lipinski definition) is 2. The van der Waals surface area contributed by atoms with E-state index in [0.29, 0.717) is 40.0 Å². The monoisotopic (exact) mass is 443 g/mol. The van der Waals surface area contributed by atoms with Crippen molar-refractivity contribution in [3.63, 3.8) is 0 Å². The second-order valence-corrected chi connectivity index (χ2v) is 8.16. The lowest BCUT2D eigenvalue weighted by Crippen LogP contribution is -2.37. The molecule has 9 nitrogen and oxygen atoms in total. The van der Waals surface area contributed by atoms with E-state index in [-0.39, 0.29) is 12.7 Å². The fourth-order valence-corrected chi connectivity index (χ4v) is 5.17. The van der Waals surface area contributed by atoms with Gasteiger partial charge in [0.25, 0.3) is 5.91 Å². The van der Waals surface area contributed by atoms with Crippen molar-refractivity contribution in [1.29, 1.82) is 0 Å². The van der Waals surface area contributed by atoms with Gasteiger partial charge in [0.2, 0.25) is 18.3 Å². The fraction of sp³-hybridized carbons (Fsp3) is 0.333. The van der Waals surface area contributed by atoms with Crippen LogP contribution in [0.2, 0.25) is 0 Å². The van der Waals surface area contributed by atoms with Gasteiger partial charge in [-0.25, -0.2) is 4.98 Å². The third-order valence-corrected chi connectivity index (χ3v) is 6.35. The third kappa shape index (κ3) is 3.02. The summed E-state index contributed by atoms with van der Waals surface area (Å²) in [5.74, 6) is 1.69. The van der Waals surface area contributed by atoms with Gasteiger partial charge in [-0.1, -0.05) is 0 Å². The highest BCUT2D eigenvalue weighted by molar-refractivity contribution is 7.21. The molecule has 31 heavy (non-hydrogen) atoms. The van der Waals surface area contributed by atoms with Gasteiger partial charge in [0, 0.05) is 23.8 Å². The summed E-state index contributed by atoms with van der Waals surface area (Å²) in [5, 5.41) is 7.34. The number of aryl methyl sites for hydroxylation is 1. The van der Waals surface area contributed by atoms with Crippen molar-refractivity contribution >= 4 is 33.1 Å². The van der Waals surface area contributed by atoms with Gasteiger partial charge in [0.05, 0.1) is 26.5 Å². The Balaban J connectivity index is 1.66. The predicted molar refractivity (Wildman–Crippen MR) is 115 cm³/mol. The molecule has 0 radical (unpaired) electrons. The Bertz CT molecular complexity index is 1210. The first kappa shape index (κ1) is 19.7. The smallest absolute Gasteiger partial charge is 0.265 e. The number of aromatic nitrogens is 1. The molecule has 2 aliphatic heterocycles. The lowest BCUT2D eigenvalue weighted by atomic mass is 10.0. The molecule has 2 aliphatic rings. The predicted octanol–water partition coefficient (Wildman–Crippen LogP) is 3.35. The quantitative estimate of drug-likeness (QED) is 0.619. The van der Waals surface area contributed by atoms with Crippen LogP contribution in [-0.4, -0.2) is 39.0 Å². The molecule has 0 saturated heterocycles. The first-order valence-corrected chi connectivity index (χ1v) is 10.4. The number of anilines is 1. The number of rotatable bonds is 5. The topological polar surface area (TPSA) is 100 Å². The highest BCUT2D eigenvalue weighted by Gasteiger charge is 2.35. The van der Waals surface area contributed by atoms with Crippen molar-refractivity contribution in [1.82, 2.24) is 10.3 Å². The van der Waals surface area contributed by atoms with Crippen LogP contribution in [0.25, 0.3) is 10.2 Å². The largest absolute Gasteiger partial charge is 0.492 e. The number of ether oxygens (including phenoxy) is 5. The minimum atomic E-state index is -0.576. The molecule has 0 spiro atoms. The van der Waals surface area contributed by atoms with Crippen LogP contribution in [0.15, 0.2) is 12.1 Å². The molecule has 10 heteroatoms. The van der Waals surface area contributed by atoms with Crippen molar-refractivity contribution in [2.75, 3.05) is 33.4 Å². The van der Waals surface area contributed by atoms with Crippen LogP contribution in [0, 0.1) is 6.92 Å². The van der Waals surface area contributed by atoms with E-state index in [4.69, 9.17) is 23.7 Å². The summed E-state index contributed by atoms with van der Waals surface area (Å²) >= 11 is 1.36. The molecule has 5 rings (SSSR count).